The molecule has 0 unspecified atom stereocenters. The van der Waals surface area contributed by atoms with Crippen LogP contribution in [0.4, 0.5) is 5.69 Å². The molecule has 0 aliphatic carbocycles. The highest BCUT2D eigenvalue weighted by Gasteiger charge is 2.08. The fourth-order valence-electron chi connectivity index (χ4n) is 1.69. The number of nitrogens with two attached hydrogens (primary N) is 1. The second-order valence-corrected chi connectivity index (χ2v) is 5.46. The molecule has 2 aromatic carbocycles. The normalized spacial score (nSPS) is 10.7. The Morgan fingerprint density at radius 1 is 1.17 bits per heavy atom. The molecule has 5 heteroatoms. The Hall–Kier alpha value is -1.59. The van der Waals surface area contributed by atoms with Gasteiger partial charge in [-0.3, -0.25) is 0 Å². The zero-order valence-corrected chi connectivity index (χ0v) is 11.7. The molecular weight excluding hydrogens is 312 g/mol. The predicted molar refractivity (Wildman–Crippen MR) is 78.2 cm³/mol. The van der Waals surface area contributed by atoms with Crippen LogP contribution in [0.2, 0.25) is 0 Å². The molecule has 0 radical (unpaired) electrons. The van der Waals surface area contributed by atoms with Crippen LogP contribution >= 0.6 is 27.5 Å². The molecule has 0 amide bonds. The van der Waals surface area contributed by atoms with E-state index >= 15 is 0 Å². The van der Waals surface area contributed by atoms with Gasteiger partial charge in [-0.25, -0.2) is 0 Å². The van der Waals surface area contributed by atoms with Crippen molar-refractivity contribution in [3.8, 4) is 10.8 Å². The number of hydrogen-bond acceptors (Lipinski definition) is 4. The highest BCUT2D eigenvalue weighted by atomic mass is 79.9. The van der Waals surface area contributed by atoms with Crippen molar-refractivity contribution in [3.63, 3.8) is 0 Å². The van der Waals surface area contributed by atoms with E-state index in [4.69, 9.17) is 10.5 Å². The van der Waals surface area contributed by atoms with Gasteiger partial charge in [-0.2, -0.15) is 4.37 Å². The third kappa shape index (κ3) is 2.19. The van der Waals surface area contributed by atoms with E-state index in [-0.39, 0.29) is 0 Å². The number of hydrogen-bond donors (Lipinski definition) is 1. The molecule has 3 rings (SSSR count). The fraction of sp³-hybridized carbons (Fsp3) is 0. The van der Waals surface area contributed by atoms with Crippen molar-refractivity contribution >= 4 is 44.1 Å². The van der Waals surface area contributed by atoms with Gasteiger partial charge in [0.25, 0.3) is 0 Å². The van der Waals surface area contributed by atoms with Crippen molar-refractivity contribution in [2.45, 2.75) is 0 Å². The lowest BCUT2D eigenvalue weighted by Crippen LogP contribution is -1.87. The minimum atomic E-state index is 0.660. The molecule has 3 nitrogen and oxygen atoms in total. The van der Waals surface area contributed by atoms with Gasteiger partial charge in [0, 0.05) is 27.8 Å². The molecule has 90 valence electrons. The number of aromatic nitrogens is 1. The second-order valence-electron chi connectivity index (χ2n) is 3.81. The quantitative estimate of drug-likeness (QED) is 0.710. The Bertz CT molecular complexity index is 691. The number of rotatable bonds is 2. The van der Waals surface area contributed by atoms with Gasteiger partial charge in [0.05, 0.1) is 10.9 Å². The van der Waals surface area contributed by atoms with Crippen LogP contribution in [0.3, 0.4) is 0 Å². The molecule has 2 N–H and O–H groups in total. The Balaban J connectivity index is 2.01. The highest BCUT2D eigenvalue weighted by molar-refractivity contribution is 9.10. The van der Waals surface area contributed by atoms with E-state index in [2.05, 4.69) is 20.3 Å². The van der Waals surface area contributed by atoms with Crippen molar-refractivity contribution in [2.24, 2.45) is 0 Å². The van der Waals surface area contributed by atoms with E-state index in [9.17, 15) is 0 Å². The van der Waals surface area contributed by atoms with E-state index < -0.39 is 0 Å². The summed E-state index contributed by atoms with van der Waals surface area (Å²) < 4.78 is 11.1. The molecule has 0 saturated heterocycles. The highest BCUT2D eigenvalue weighted by Crippen LogP contribution is 2.35. The van der Waals surface area contributed by atoms with Gasteiger partial charge in [0.15, 0.2) is 0 Å². The number of halogens is 1. The molecule has 1 heterocycles. The van der Waals surface area contributed by atoms with Crippen LogP contribution in [0.15, 0.2) is 46.9 Å². The van der Waals surface area contributed by atoms with Crippen molar-refractivity contribution in [2.75, 3.05) is 5.73 Å². The predicted octanol–water partition coefficient (Wildman–Crippen LogP) is 4.43. The maximum atomic E-state index is 5.84. The molecule has 18 heavy (non-hydrogen) atoms. The van der Waals surface area contributed by atoms with Gasteiger partial charge in [-0.15, -0.1) is 0 Å². The van der Waals surface area contributed by atoms with Crippen LogP contribution in [-0.2, 0) is 0 Å². The molecule has 0 aliphatic rings. The number of nitrogen functional groups attached to an aromatic ring is 1. The summed E-state index contributed by atoms with van der Waals surface area (Å²) in [6, 6.07) is 13.4. The van der Waals surface area contributed by atoms with Gasteiger partial charge < -0.3 is 10.5 Å². The van der Waals surface area contributed by atoms with Crippen molar-refractivity contribution in [1.29, 1.82) is 0 Å². The smallest absolute Gasteiger partial charge is 0.207 e. The first kappa shape index (κ1) is 11.5. The number of nitrogens with zero attached hydrogens (tertiary/aromatic N) is 1. The van der Waals surface area contributed by atoms with Crippen LogP contribution < -0.4 is 10.5 Å². The summed E-state index contributed by atoms with van der Waals surface area (Å²) in [5.74, 6) is 0.705. The molecule has 0 atom stereocenters. The Morgan fingerprint density at radius 3 is 2.83 bits per heavy atom. The van der Waals surface area contributed by atoms with Gasteiger partial charge in [0.1, 0.15) is 5.75 Å². The van der Waals surface area contributed by atoms with E-state index in [1.54, 1.807) is 6.07 Å². The summed E-state index contributed by atoms with van der Waals surface area (Å²) in [6.07, 6.45) is 0. The summed E-state index contributed by atoms with van der Waals surface area (Å²) in [5.41, 5.74) is 7.38. The Morgan fingerprint density at radius 2 is 2.00 bits per heavy atom. The molecule has 1 aromatic heterocycles. The minimum absolute atomic E-state index is 0.660. The van der Waals surface area contributed by atoms with Crippen molar-refractivity contribution in [3.05, 3.63) is 46.9 Å². The number of anilines is 1. The largest absolute Gasteiger partial charge is 0.444 e. The van der Waals surface area contributed by atoms with E-state index in [1.807, 2.05) is 36.4 Å². The van der Waals surface area contributed by atoms with Gasteiger partial charge in [0.2, 0.25) is 5.06 Å². The molecule has 0 spiro atoms. The van der Waals surface area contributed by atoms with Gasteiger partial charge in [-0.05, 0) is 24.3 Å². The standard InChI is InChI=1S/C13H9BrN2OS/c14-8-5-9(15)7-10(6-8)17-13-11-3-1-2-4-12(11)16-18-13/h1-7H,15H2. The lowest BCUT2D eigenvalue weighted by molar-refractivity contribution is 0.501. The lowest BCUT2D eigenvalue weighted by atomic mass is 10.2. The van der Waals surface area contributed by atoms with Gasteiger partial charge in [-0.1, -0.05) is 28.1 Å². The topological polar surface area (TPSA) is 48.1 Å². The fourth-order valence-corrected chi connectivity index (χ4v) is 2.92. The van der Waals surface area contributed by atoms with E-state index in [0.717, 1.165) is 20.4 Å². The number of benzene rings is 2. The monoisotopic (exact) mass is 320 g/mol. The summed E-state index contributed by atoms with van der Waals surface area (Å²) in [5, 5.41) is 1.80. The minimum Gasteiger partial charge on any atom is -0.444 e. The molecule has 0 fully saturated rings. The van der Waals surface area contributed by atoms with Gasteiger partial charge >= 0.3 is 0 Å². The number of ether oxygens (including phenoxy) is 1. The molecule has 0 bridgehead atoms. The third-order valence-electron chi connectivity index (χ3n) is 2.46. The summed E-state index contributed by atoms with van der Waals surface area (Å²) >= 11 is 4.74. The maximum absolute atomic E-state index is 5.84. The number of fused-ring (bicyclic) bond motifs is 1. The summed E-state index contributed by atoms with van der Waals surface area (Å²) in [7, 11) is 0. The zero-order valence-electron chi connectivity index (χ0n) is 9.26. The zero-order chi connectivity index (χ0) is 12.5. The summed E-state index contributed by atoms with van der Waals surface area (Å²) in [6.45, 7) is 0. The Labute approximate surface area is 116 Å². The average molecular weight is 321 g/mol. The van der Waals surface area contributed by atoms with Crippen LogP contribution in [0.1, 0.15) is 0 Å². The molecular formula is C13H9BrN2OS. The summed E-state index contributed by atoms with van der Waals surface area (Å²) in [4.78, 5) is 0. The molecule has 0 aliphatic heterocycles. The van der Waals surface area contributed by atoms with Crippen LogP contribution in [-0.4, -0.2) is 4.37 Å². The first-order valence-electron chi connectivity index (χ1n) is 5.31. The third-order valence-corrected chi connectivity index (χ3v) is 3.67. The van der Waals surface area contributed by atoms with Crippen LogP contribution in [0.5, 0.6) is 10.8 Å². The Kier molecular flexibility index (Phi) is 2.93. The molecule has 3 aromatic rings. The van der Waals surface area contributed by atoms with Crippen molar-refractivity contribution in [1.82, 2.24) is 4.37 Å². The lowest BCUT2D eigenvalue weighted by Gasteiger charge is -2.05. The van der Waals surface area contributed by atoms with E-state index in [0.29, 0.717) is 11.4 Å². The first-order valence-corrected chi connectivity index (χ1v) is 6.87. The van der Waals surface area contributed by atoms with Crippen LogP contribution in [0.25, 0.3) is 10.9 Å². The SMILES string of the molecule is Nc1cc(Br)cc(Oc2snc3ccccc23)c1. The van der Waals surface area contributed by atoms with Crippen LogP contribution in [0, 0.1) is 0 Å². The van der Waals surface area contributed by atoms with E-state index in [1.165, 1.54) is 11.5 Å². The first-order chi connectivity index (χ1) is 8.72. The maximum Gasteiger partial charge on any atom is 0.207 e. The second kappa shape index (κ2) is 4.59. The molecule has 0 saturated carbocycles. The van der Waals surface area contributed by atoms with Crippen molar-refractivity contribution < 1.29 is 4.74 Å². The average Bonchev–Trinajstić information content (AvgIpc) is 2.72.